The molecule has 1 aliphatic heterocycles. The van der Waals surface area contributed by atoms with Crippen molar-refractivity contribution in [1.29, 1.82) is 0 Å². The molecule has 1 fully saturated rings. The number of furan rings is 1. The Bertz CT molecular complexity index is 1190. The highest BCUT2D eigenvalue weighted by molar-refractivity contribution is 6.39. The van der Waals surface area contributed by atoms with Crippen LogP contribution in [0.4, 0.5) is 10.5 Å². The molecular formula is C22H14N2O6. The second-order valence-electron chi connectivity index (χ2n) is 6.38. The number of barbiturate groups is 1. The van der Waals surface area contributed by atoms with E-state index in [4.69, 9.17) is 9.52 Å². The first-order chi connectivity index (χ1) is 14.4. The van der Waals surface area contributed by atoms with Crippen LogP contribution in [0.3, 0.4) is 0 Å². The normalized spacial score (nSPS) is 15.4. The number of nitrogens with zero attached hydrogens (tertiary/aromatic N) is 1. The second-order valence-corrected chi connectivity index (χ2v) is 6.38. The molecule has 4 amide bonds. The summed E-state index contributed by atoms with van der Waals surface area (Å²) in [5.74, 6) is -1.96. The van der Waals surface area contributed by atoms with Gasteiger partial charge in [-0.15, -0.1) is 0 Å². The molecule has 8 nitrogen and oxygen atoms in total. The molecule has 148 valence electrons. The van der Waals surface area contributed by atoms with Gasteiger partial charge in [-0.2, -0.15) is 0 Å². The Morgan fingerprint density at radius 3 is 2.30 bits per heavy atom. The minimum Gasteiger partial charge on any atom is -0.478 e. The average Bonchev–Trinajstić information content (AvgIpc) is 3.20. The molecule has 2 aromatic carbocycles. The highest BCUT2D eigenvalue weighted by Gasteiger charge is 2.36. The smallest absolute Gasteiger partial charge is 0.335 e. The van der Waals surface area contributed by atoms with Crippen molar-refractivity contribution in [3.63, 3.8) is 0 Å². The average molecular weight is 402 g/mol. The Labute approximate surface area is 170 Å². The number of hydrogen-bond acceptors (Lipinski definition) is 5. The van der Waals surface area contributed by atoms with E-state index in [1.165, 1.54) is 18.2 Å². The number of carbonyl (C=O) groups is 4. The molecule has 0 aliphatic carbocycles. The van der Waals surface area contributed by atoms with E-state index in [1.807, 2.05) is 0 Å². The first-order valence-corrected chi connectivity index (χ1v) is 8.84. The lowest BCUT2D eigenvalue weighted by Gasteiger charge is -2.26. The number of aromatic carboxylic acids is 1. The van der Waals surface area contributed by atoms with E-state index >= 15 is 0 Å². The van der Waals surface area contributed by atoms with E-state index in [-0.39, 0.29) is 16.9 Å². The zero-order valence-corrected chi connectivity index (χ0v) is 15.4. The Morgan fingerprint density at radius 2 is 1.63 bits per heavy atom. The van der Waals surface area contributed by atoms with Gasteiger partial charge in [0.2, 0.25) is 0 Å². The van der Waals surface area contributed by atoms with Crippen molar-refractivity contribution >= 4 is 35.6 Å². The SMILES string of the molecule is O=C1NC(=O)N(c2ccccc2)C(=O)/C1=C\c1ccc(-c2ccc(C(=O)O)cc2)o1. The number of carbonyl (C=O) groups excluding carboxylic acids is 3. The predicted molar refractivity (Wildman–Crippen MR) is 107 cm³/mol. The van der Waals surface area contributed by atoms with Gasteiger partial charge >= 0.3 is 12.0 Å². The van der Waals surface area contributed by atoms with E-state index in [2.05, 4.69) is 5.32 Å². The lowest BCUT2D eigenvalue weighted by atomic mass is 10.1. The number of imide groups is 2. The highest BCUT2D eigenvalue weighted by Crippen LogP contribution is 2.26. The largest absolute Gasteiger partial charge is 0.478 e. The fourth-order valence-corrected chi connectivity index (χ4v) is 2.97. The standard InChI is InChI=1S/C22H14N2O6/c25-19-17(20(26)24(22(29)23-19)15-4-2-1-3-5-15)12-16-10-11-18(30-16)13-6-8-14(9-7-13)21(27)28/h1-12H,(H,27,28)(H,23,25,29)/b17-12-. The summed E-state index contributed by atoms with van der Waals surface area (Å²) in [6.45, 7) is 0. The maximum atomic E-state index is 12.8. The molecule has 1 aromatic heterocycles. The van der Waals surface area contributed by atoms with Gasteiger partial charge in [0.1, 0.15) is 17.1 Å². The van der Waals surface area contributed by atoms with Crippen LogP contribution in [0.25, 0.3) is 17.4 Å². The Hall–Kier alpha value is -4.46. The van der Waals surface area contributed by atoms with E-state index < -0.39 is 23.8 Å². The third-order valence-corrected chi connectivity index (χ3v) is 4.45. The molecule has 2 N–H and O–H groups in total. The Kier molecular flexibility index (Phi) is 4.73. The summed E-state index contributed by atoms with van der Waals surface area (Å²) in [6.07, 6.45) is 1.26. The van der Waals surface area contributed by atoms with Crippen molar-refractivity contribution < 1.29 is 28.7 Å². The zero-order chi connectivity index (χ0) is 21.3. The summed E-state index contributed by atoms with van der Waals surface area (Å²) in [4.78, 5) is 49.0. The number of carboxylic acids is 1. The van der Waals surface area contributed by atoms with Gasteiger partial charge in [-0.25, -0.2) is 14.5 Å². The molecule has 0 bridgehead atoms. The van der Waals surface area contributed by atoms with Gasteiger partial charge in [0, 0.05) is 5.56 Å². The summed E-state index contributed by atoms with van der Waals surface area (Å²) in [5.41, 5.74) is 0.852. The van der Waals surface area contributed by atoms with Gasteiger partial charge in [-0.1, -0.05) is 30.3 Å². The van der Waals surface area contributed by atoms with Crippen LogP contribution in [-0.4, -0.2) is 28.9 Å². The molecule has 0 unspecified atom stereocenters. The van der Waals surface area contributed by atoms with Crippen LogP contribution in [0.5, 0.6) is 0 Å². The molecule has 8 heteroatoms. The first kappa shape index (κ1) is 18.9. The number of amides is 4. The molecule has 0 radical (unpaired) electrons. The Balaban J connectivity index is 1.64. The van der Waals surface area contributed by atoms with Crippen LogP contribution in [0.1, 0.15) is 16.1 Å². The predicted octanol–water partition coefficient (Wildman–Crippen LogP) is 3.31. The van der Waals surface area contributed by atoms with Gasteiger partial charge in [0.25, 0.3) is 11.8 Å². The van der Waals surface area contributed by atoms with Crippen molar-refractivity contribution in [2.24, 2.45) is 0 Å². The molecule has 0 saturated carbocycles. The van der Waals surface area contributed by atoms with Crippen molar-refractivity contribution in [2.45, 2.75) is 0 Å². The van der Waals surface area contributed by atoms with Gasteiger partial charge in [0.05, 0.1) is 11.3 Å². The van der Waals surface area contributed by atoms with E-state index in [0.717, 1.165) is 4.90 Å². The van der Waals surface area contributed by atoms with Crippen LogP contribution < -0.4 is 10.2 Å². The maximum Gasteiger partial charge on any atom is 0.335 e. The number of para-hydroxylation sites is 1. The summed E-state index contributed by atoms with van der Waals surface area (Å²) >= 11 is 0. The topological polar surface area (TPSA) is 117 Å². The highest BCUT2D eigenvalue weighted by atomic mass is 16.4. The molecule has 1 saturated heterocycles. The number of anilines is 1. The van der Waals surface area contributed by atoms with E-state index in [0.29, 0.717) is 17.0 Å². The molecular weight excluding hydrogens is 388 g/mol. The van der Waals surface area contributed by atoms with E-state index in [1.54, 1.807) is 54.6 Å². The lowest BCUT2D eigenvalue weighted by molar-refractivity contribution is -0.122. The van der Waals surface area contributed by atoms with E-state index in [9.17, 15) is 19.2 Å². The third kappa shape index (κ3) is 3.49. The van der Waals surface area contributed by atoms with Crippen LogP contribution in [-0.2, 0) is 9.59 Å². The van der Waals surface area contributed by atoms with Crippen molar-refractivity contribution in [3.8, 4) is 11.3 Å². The number of benzene rings is 2. The fourth-order valence-electron chi connectivity index (χ4n) is 2.97. The minimum absolute atomic E-state index is 0.141. The second kappa shape index (κ2) is 7.51. The summed E-state index contributed by atoms with van der Waals surface area (Å²) in [6, 6.07) is 16.7. The quantitative estimate of drug-likeness (QED) is 0.511. The fraction of sp³-hybridized carbons (Fsp3) is 0. The van der Waals surface area contributed by atoms with Crippen LogP contribution in [0, 0.1) is 0 Å². The first-order valence-electron chi connectivity index (χ1n) is 8.84. The molecule has 3 aromatic rings. The molecule has 1 aliphatic rings. The molecule has 4 rings (SSSR count). The van der Waals surface area contributed by atoms with Crippen LogP contribution >= 0.6 is 0 Å². The van der Waals surface area contributed by atoms with Crippen molar-refractivity contribution in [3.05, 3.63) is 83.6 Å². The van der Waals surface area contributed by atoms with Crippen LogP contribution in [0.2, 0.25) is 0 Å². The van der Waals surface area contributed by atoms with Gasteiger partial charge in [0.15, 0.2) is 0 Å². The number of urea groups is 1. The zero-order valence-electron chi connectivity index (χ0n) is 15.4. The number of hydrogen-bond donors (Lipinski definition) is 2. The monoisotopic (exact) mass is 402 g/mol. The number of carboxylic acid groups (broad SMARTS) is 1. The molecule has 2 heterocycles. The van der Waals surface area contributed by atoms with Gasteiger partial charge < -0.3 is 9.52 Å². The van der Waals surface area contributed by atoms with Crippen LogP contribution in [0.15, 0.2) is 76.7 Å². The van der Waals surface area contributed by atoms with Gasteiger partial charge in [-0.05, 0) is 42.5 Å². The Morgan fingerprint density at radius 1 is 0.933 bits per heavy atom. The maximum absolute atomic E-state index is 12.8. The van der Waals surface area contributed by atoms with Crippen molar-refractivity contribution in [1.82, 2.24) is 5.32 Å². The summed E-state index contributed by atoms with van der Waals surface area (Å²) < 4.78 is 5.68. The summed E-state index contributed by atoms with van der Waals surface area (Å²) in [7, 11) is 0. The number of rotatable bonds is 4. The number of nitrogens with one attached hydrogen (secondary N) is 1. The third-order valence-electron chi connectivity index (χ3n) is 4.45. The van der Waals surface area contributed by atoms with Gasteiger partial charge in [-0.3, -0.25) is 14.9 Å². The minimum atomic E-state index is -1.04. The van der Waals surface area contributed by atoms with Crippen molar-refractivity contribution in [2.75, 3.05) is 4.90 Å². The molecule has 0 spiro atoms. The molecule has 30 heavy (non-hydrogen) atoms. The molecule has 0 atom stereocenters. The summed E-state index contributed by atoms with van der Waals surface area (Å²) in [5, 5.41) is 11.1. The lowest BCUT2D eigenvalue weighted by Crippen LogP contribution is -2.54.